The number of ether oxygens (including phenoxy) is 1. The van der Waals surface area contributed by atoms with E-state index in [1.165, 1.54) is 18.1 Å². The van der Waals surface area contributed by atoms with Crippen molar-refractivity contribution in [3.63, 3.8) is 0 Å². The van der Waals surface area contributed by atoms with E-state index in [1.807, 2.05) is 95.4 Å². The molecule has 2 fully saturated rings. The smallest absolute Gasteiger partial charge is 0.233 e. The maximum absolute atomic E-state index is 15.2. The van der Waals surface area contributed by atoms with E-state index in [-0.39, 0.29) is 53.6 Å². The predicted octanol–water partition coefficient (Wildman–Crippen LogP) is 6.78. The van der Waals surface area contributed by atoms with Gasteiger partial charge in [-0.05, 0) is 100 Å². The van der Waals surface area contributed by atoms with Gasteiger partial charge in [0.2, 0.25) is 11.8 Å². The van der Waals surface area contributed by atoms with Gasteiger partial charge in [-0.25, -0.2) is 0 Å². The van der Waals surface area contributed by atoms with Gasteiger partial charge in [0.1, 0.15) is 5.75 Å². The van der Waals surface area contributed by atoms with Gasteiger partial charge in [0.05, 0.1) is 27.9 Å². The molecule has 1 aliphatic heterocycles. The maximum Gasteiger partial charge on any atom is 0.233 e. The zero-order chi connectivity index (χ0) is 36.3. The molecule has 9 heteroatoms. The van der Waals surface area contributed by atoms with E-state index in [0.29, 0.717) is 38.7 Å². The molecule has 3 aliphatic carbocycles. The molecular weight excluding hydrogens is 769 g/mol. The van der Waals surface area contributed by atoms with Crippen molar-refractivity contribution in [1.82, 2.24) is 4.90 Å². The van der Waals surface area contributed by atoms with Crippen molar-refractivity contribution >= 4 is 51.5 Å². The second-order valence-corrected chi connectivity index (χ2v) is 15.2. The van der Waals surface area contributed by atoms with Crippen molar-refractivity contribution in [2.45, 2.75) is 30.6 Å². The van der Waals surface area contributed by atoms with Gasteiger partial charge >= 0.3 is 0 Å². The fourth-order valence-corrected chi connectivity index (χ4v) is 9.98. The number of ketones is 2. The number of benzene rings is 4. The number of halogens is 1. The predicted molar refractivity (Wildman–Crippen MR) is 202 cm³/mol. The van der Waals surface area contributed by atoms with Gasteiger partial charge in [-0.3, -0.25) is 24.1 Å². The fraction of sp³-hybridized carbons (Fsp3) is 0.256. The van der Waals surface area contributed by atoms with Gasteiger partial charge in [-0.15, -0.1) is 0 Å². The molecule has 1 heterocycles. The van der Waals surface area contributed by atoms with Gasteiger partial charge in [0, 0.05) is 24.0 Å². The average Bonchev–Trinajstić information content (AvgIpc) is 3.41. The third-order valence-corrected chi connectivity index (χ3v) is 12.5. The minimum Gasteiger partial charge on any atom is -0.508 e. The van der Waals surface area contributed by atoms with Crippen LogP contribution in [0.3, 0.4) is 0 Å². The molecule has 4 aliphatic rings. The number of phenolic OH excluding ortho intramolecular Hbond substituents is 2. The van der Waals surface area contributed by atoms with Crippen LogP contribution in [0.1, 0.15) is 41.0 Å². The van der Waals surface area contributed by atoms with Crippen LogP contribution in [0.25, 0.3) is 5.57 Å². The first-order chi connectivity index (χ1) is 25.1. The number of amides is 2. The van der Waals surface area contributed by atoms with Crippen molar-refractivity contribution in [1.29, 1.82) is 0 Å². The molecular formula is C43H36INO7. The van der Waals surface area contributed by atoms with Crippen LogP contribution in [0.15, 0.2) is 115 Å². The highest BCUT2D eigenvalue weighted by Crippen LogP contribution is 2.64. The third kappa shape index (κ3) is 5.23. The number of rotatable bonds is 7. The molecule has 2 amide bonds. The Balaban J connectivity index is 1.30. The molecule has 8 rings (SSSR count). The second kappa shape index (κ2) is 13.2. The Morgan fingerprint density at radius 2 is 1.56 bits per heavy atom. The molecule has 8 nitrogen and oxygen atoms in total. The quantitative estimate of drug-likeness (QED) is 0.120. The molecule has 6 unspecified atom stereocenters. The molecule has 2 N–H and O–H groups in total. The van der Waals surface area contributed by atoms with Crippen LogP contribution in [-0.2, 0) is 31.0 Å². The number of allylic oxidation sites excluding steroid dienone is 4. The number of aromatic hydroxyl groups is 2. The Kier molecular flexibility index (Phi) is 8.64. The molecule has 52 heavy (non-hydrogen) atoms. The van der Waals surface area contributed by atoms with Gasteiger partial charge in [-0.2, -0.15) is 0 Å². The highest BCUT2D eigenvalue weighted by molar-refractivity contribution is 14.1. The topological polar surface area (TPSA) is 121 Å². The lowest BCUT2D eigenvalue weighted by molar-refractivity contribution is -0.140. The van der Waals surface area contributed by atoms with E-state index < -0.39 is 35.0 Å². The molecule has 0 radical (unpaired) electrons. The lowest BCUT2D eigenvalue weighted by Gasteiger charge is -2.55. The molecule has 4 aromatic rings. The summed E-state index contributed by atoms with van der Waals surface area (Å²) in [6.07, 6.45) is 4.51. The summed E-state index contributed by atoms with van der Waals surface area (Å²) in [4.78, 5) is 60.1. The van der Waals surface area contributed by atoms with Crippen molar-refractivity contribution in [3.8, 4) is 17.2 Å². The molecule has 0 bridgehead atoms. The number of Topliss-reactive ketones (excluding diaryl/α,β-unsaturated/α-hetero) is 1. The third-order valence-electron chi connectivity index (χ3n) is 11.6. The van der Waals surface area contributed by atoms with Crippen molar-refractivity contribution in [2.24, 2.45) is 23.7 Å². The number of carbonyl (C=O) groups excluding carboxylic acids is 4. The first-order valence-corrected chi connectivity index (χ1v) is 18.5. The minimum absolute atomic E-state index is 0.0275. The second-order valence-electron chi connectivity index (χ2n) is 14.1. The van der Waals surface area contributed by atoms with Crippen LogP contribution in [0, 0.1) is 27.2 Å². The zero-order valence-electron chi connectivity index (χ0n) is 28.4. The van der Waals surface area contributed by atoms with E-state index in [4.69, 9.17) is 4.74 Å². The summed E-state index contributed by atoms with van der Waals surface area (Å²) in [6, 6.07) is 28.9. The summed E-state index contributed by atoms with van der Waals surface area (Å²) in [7, 11) is 1.47. The largest absolute Gasteiger partial charge is 0.508 e. The summed E-state index contributed by atoms with van der Waals surface area (Å²) >= 11 is 2.05. The van der Waals surface area contributed by atoms with Crippen LogP contribution in [0.4, 0.5) is 0 Å². The molecule has 4 aromatic carbocycles. The lowest BCUT2D eigenvalue weighted by atomic mass is 9.44. The zero-order valence-corrected chi connectivity index (χ0v) is 30.5. The van der Waals surface area contributed by atoms with E-state index in [9.17, 15) is 19.8 Å². The molecule has 6 atom stereocenters. The first-order valence-electron chi connectivity index (χ1n) is 17.5. The number of nitrogens with zero attached hydrogens (tertiary/aromatic N) is 1. The molecule has 0 aromatic heterocycles. The minimum atomic E-state index is -1.37. The highest BCUT2D eigenvalue weighted by Gasteiger charge is 2.66. The number of methoxy groups -OCH3 is 1. The Morgan fingerprint density at radius 3 is 2.25 bits per heavy atom. The average molecular weight is 806 g/mol. The first kappa shape index (κ1) is 34.1. The van der Waals surface area contributed by atoms with Crippen LogP contribution < -0.4 is 4.74 Å². The van der Waals surface area contributed by atoms with Gasteiger partial charge in [0.25, 0.3) is 0 Å². The number of hydrogen-bond donors (Lipinski definition) is 2. The molecule has 1 saturated heterocycles. The van der Waals surface area contributed by atoms with Gasteiger partial charge < -0.3 is 14.9 Å². The molecule has 1 saturated carbocycles. The Labute approximate surface area is 315 Å². The van der Waals surface area contributed by atoms with E-state index in [2.05, 4.69) is 0 Å². The van der Waals surface area contributed by atoms with Crippen molar-refractivity contribution < 1.29 is 34.1 Å². The number of phenols is 2. The number of hydrogen-bond acceptors (Lipinski definition) is 7. The molecule has 262 valence electrons. The molecule has 0 spiro atoms. The Morgan fingerprint density at radius 1 is 0.865 bits per heavy atom. The SMILES string of the molecule is COc1cc(C2C3=CCC4C(=O)N(CCc5ccc(O)cc5)C(=O)C4C3CC3C(=O)C(c4ccccc4)=CC(=O)C32c2ccccc2)cc(I)c1O. The van der Waals surface area contributed by atoms with Crippen molar-refractivity contribution in [3.05, 3.63) is 141 Å². The number of likely N-dealkylation sites (tertiary alicyclic amines) is 1. The number of fused-ring (bicyclic) bond motifs is 4. The summed E-state index contributed by atoms with van der Waals surface area (Å²) in [5.74, 6) is -3.87. The highest BCUT2D eigenvalue weighted by atomic mass is 127. The fourth-order valence-electron chi connectivity index (χ4n) is 9.35. The summed E-state index contributed by atoms with van der Waals surface area (Å²) in [5, 5.41) is 20.6. The summed E-state index contributed by atoms with van der Waals surface area (Å²) in [5.41, 5.74) is 2.73. The normalized spacial score (nSPS) is 26.7. The lowest BCUT2D eigenvalue weighted by Crippen LogP contribution is -2.58. The van der Waals surface area contributed by atoms with Gasteiger partial charge in [0.15, 0.2) is 23.1 Å². The van der Waals surface area contributed by atoms with E-state index >= 15 is 9.59 Å². The monoisotopic (exact) mass is 805 g/mol. The number of carbonyl (C=O) groups is 4. The summed E-state index contributed by atoms with van der Waals surface area (Å²) in [6.45, 7) is 0.198. The maximum atomic E-state index is 15.2. The Bertz CT molecular complexity index is 2180. The van der Waals surface area contributed by atoms with Crippen LogP contribution in [-0.4, -0.2) is 52.1 Å². The van der Waals surface area contributed by atoms with Crippen LogP contribution in [0.5, 0.6) is 17.2 Å². The van der Waals surface area contributed by atoms with Crippen LogP contribution >= 0.6 is 22.6 Å². The standard InChI is InChI=1S/C43H36INO7/c1-52-35-21-26(20-34(44)40(35)49)38-29-16-17-30-37(42(51)45(41(30)50)19-18-24-12-14-28(46)15-13-24)32(29)22-33-39(48)31(25-8-4-2-5-9-25)23-36(47)43(33,38)27-10-6-3-7-11-27/h2-16,20-21,23,30,32-33,37-38,46,49H,17-19,22H2,1H3. The van der Waals surface area contributed by atoms with Crippen LogP contribution in [0.2, 0.25) is 0 Å². The Hall–Kier alpha value is -5.03. The van der Waals surface area contributed by atoms with E-state index in [0.717, 1.165) is 11.1 Å². The summed E-state index contributed by atoms with van der Waals surface area (Å²) < 4.78 is 6.14. The number of imide groups is 1. The van der Waals surface area contributed by atoms with Gasteiger partial charge in [-0.1, -0.05) is 84.4 Å². The van der Waals surface area contributed by atoms with E-state index in [1.54, 1.807) is 30.3 Å². The van der Waals surface area contributed by atoms with Crippen molar-refractivity contribution in [2.75, 3.05) is 13.7 Å².